The fourth-order valence-electron chi connectivity index (χ4n) is 1.99. The molecule has 0 bridgehead atoms. The van der Waals surface area contributed by atoms with E-state index in [0.29, 0.717) is 35.4 Å². The van der Waals surface area contributed by atoms with Crippen LogP contribution in [0.25, 0.3) is 0 Å². The van der Waals surface area contributed by atoms with E-state index in [4.69, 9.17) is 23.7 Å². The molecule has 1 aliphatic rings. The maximum Gasteiger partial charge on any atom is 0.231 e. The standard InChI is InChI=1S/C14H20O5/c1-4-5-6-7-17-10-8-11-13(19-9-18-11)14(16-3)12(10)15-2/h8H,4-7,9H2,1-3H3. The van der Waals surface area contributed by atoms with E-state index in [1.54, 1.807) is 20.3 Å². The molecule has 0 spiro atoms. The third kappa shape index (κ3) is 2.80. The number of rotatable bonds is 7. The van der Waals surface area contributed by atoms with Gasteiger partial charge in [-0.25, -0.2) is 0 Å². The smallest absolute Gasteiger partial charge is 0.231 e. The largest absolute Gasteiger partial charge is 0.490 e. The summed E-state index contributed by atoms with van der Waals surface area (Å²) in [6.07, 6.45) is 3.31. The highest BCUT2D eigenvalue weighted by molar-refractivity contribution is 5.66. The summed E-state index contributed by atoms with van der Waals surface area (Å²) < 4.78 is 27.2. The molecule has 106 valence electrons. The monoisotopic (exact) mass is 268 g/mol. The van der Waals surface area contributed by atoms with Crippen LogP contribution < -0.4 is 23.7 Å². The molecule has 1 heterocycles. The van der Waals surface area contributed by atoms with Crippen molar-refractivity contribution < 1.29 is 23.7 Å². The van der Waals surface area contributed by atoms with Crippen molar-refractivity contribution in [2.75, 3.05) is 27.6 Å². The molecular weight excluding hydrogens is 248 g/mol. The van der Waals surface area contributed by atoms with Crippen molar-refractivity contribution in [2.24, 2.45) is 0 Å². The zero-order chi connectivity index (χ0) is 13.7. The van der Waals surface area contributed by atoms with E-state index in [0.717, 1.165) is 19.3 Å². The van der Waals surface area contributed by atoms with E-state index in [2.05, 4.69) is 6.92 Å². The van der Waals surface area contributed by atoms with Crippen LogP contribution in [-0.2, 0) is 0 Å². The van der Waals surface area contributed by atoms with Crippen molar-refractivity contribution in [3.05, 3.63) is 6.07 Å². The summed E-state index contributed by atoms with van der Waals surface area (Å²) in [6.45, 7) is 2.99. The van der Waals surface area contributed by atoms with Crippen LogP contribution in [-0.4, -0.2) is 27.6 Å². The molecule has 5 nitrogen and oxygen atoms in total. The summed E-state index contributed by atoms with van der Waals surface area (Å²) in [5, 5.41) is 0. The van der Waals surface area contributed by atoms with Crippen molar-refractivity contribution >= 4 is 0 Å². The predicted octanol–water partition coefficient (Wildman–Crippen LogP) is 3.00. The summed E-state index contributed by atoms with van der Waals surface area (Å²) in [4.78, 5) is 0. The van der Waals surface area contributed by atoms with E-state index < -0.39 is 0 Å². The molecule has 2 rings (SSSR count). The zero-order valence-corrected chi connectivity index (χ0v) is 11.7. The van der Waals surface area contributed by atoms with Crippen LogP contribution in [0.1, 0.15) is 26.2 Å². The number of fused-ring (bicyclic) bond motifs is 1. The third-order valence-corrected chi connectivity index (χ3v) is 2.95. The van der Waals surface area contributed by atoms with Gasteiger partial charge >= 0.3 is 0 Å². The first kappa shape index (κ1) is 13.6. The minimum Gasteiger partial charge on any atom is -0.490 e. The molecular formula is C14H20O5. The summed E-state index contributed by atoms with van der Waals surface area (Å²) in [6, 6.07) is 1.79. The lowest BCUT2D eigenvalue weighted by molar-refractivity contribution is 0.170. The molecule has 19 heavy (non-hydrogen) atoms. The molecule has 5 heteroatoms. The molecule has 0 saturated carbocycles. The number of benzene rings is 1. The Morgan fingerprint density at radius 2 is 1.89 bits per heavy atom. The van der Waals surface area contributed by atoms with Crippen molar-refractivity contribution in [3.63, 3.8) is 0 Å². The first-order valence-electron chi connectivity index (χ1n) is 6.49. The maximum absolute atomic E-state index is 5.76. The van der Waals surface area contributed by atoms with Crippen LogP contribution in [0.15, 0.2) is 6.07 Å². The van der Waals surface area contributed by atoms with Gasteiger partial charge < -0.3 is 23.7 Å². The predicted molar refractivity (Wildman–Crippen MR) is 70.7 cm³/mol. The van der Waals surface area contributed by atoms with Gasteiger partial charge in [0.1, 0.15) is 0 Å². The van der Waals surface area contributed by atoms with Crippen LogP contribution in [0.4, 0.5) is 0 Å². The van der Waals surface area contributed by atoms with E-state index in [1.807, 2.05) is 0 Å². The quantitative estimate of drug-likeness (QED) is 0.711. The van der Waals surface area contributed by atoms with Crippen molar-refractivity contribution in [1.29, 1.82) is 0 Å². The van der Waals surface area contributed by atoms with Crippen molar-refractivity contribution in [2.45, 2.75) is 26.2 Å². The van der Waals surface area contributed by atoms with Crippen LogP contribution in [0, 0.1) is 0 Å². The van der Waals surface area contributed by atoms with Gasteiger partial charge in [-0.1, -0.05) is 19.8 Å². The molecule has 0 unspecified atom stereocenters. The Bertz CT molecular complexity index is 430. The molecule has 0 radical (unpaired) electrons. The molecule has 1 aromatic rings. The highest BCUT2D eigenvalue weighted by Gasteiger charge is 2.26. The average Bonchev–Trinajstić information content (AvgIpc) is 2.89. The Hall–Kier alpha value is -1.78. The molecule has 1 aliphatic heterocycles. The molecule has 0 atom stereocenters. The van der Waals surface area contributed by atoms with Gasteiger partial charge in [0.15, 0.2) is 11.5 Å². The number of unbranched alkanes of at least 4 members (excludes halogenated alkanes) is 2. The van der Waals surface area contributed by atoms with Gasteiger partial charge in [0.05, 0.1) is 20.8 Å². The Morgan fingerprint density at radius 1 is 1.11 bits per heavy atom. The van der Waals surface area contributed by atoms with E-state index in [9.17, 15) is 0 Å². The van der Waals surface area contributed by atoms with Crippen LogP contribution in [0.5, 0.6) is 28.7 Å². The molecule has 0 aliphatic carbocycles. The second kappa shape index (κ2) is 6.41. The first-order chi connectivity index (χ1) is 9.31. The second-order valence-corrected chi connectivity index (χ2v) is 4.23. The zero-order valence-electron chi connectivity index (χ0n) is 11.7. The van der Waals surface area contributed by atoms with E-state index in [-0.39, 0.29) is 6.79 Å². The number of methoxy groups -OCH3 is 2. The van der Waals surface area contributed by atoms with Crippen molar-refractivity contribution in [1.82, 2.24) is 0 Å². The molecule has 0 aromatic heterocycles. The summed E-state index contributed by atoms with van der Waals surface area (Å²) in [5.41, 5.74) is 0. The molecule has 0 N–H and O–H groups in total. The summed E-state index contributed by atoms with van der Waals surface area (Å²) >= 11 is 0. The molecule has 0 amide bonds. The normalized spacial score (nSPS) is 12.4. The minimum atomic E-state index is 0.189. The fraction of sp³-hybridized carbons (Fsp3) is 0.571. The topological polar surface area (TPSA) is 46.2 Å². The van der Waals surface area contributed by atoms with Crippen LogP contribution in [0.2, 0.25) is 0 Å². The van der Waals surface area contributed by atoms with Gasteiger partial charge in [-0.2, -0.15) is 0 Å². The Kier molecular flexibility index (Phi) is 4.60. The third-order valence-electron chi connectivity index (χ3n) is 2.95. The Labute approximate surface area is 113 Å². The van der Waals surface area contributed by atoms with Gasteiger partial charge in [0.25, 0.3) is 0 Å². The number of hydrogen-bond acceptors (Lipinski definition) is 5. The van der Waals surface area contributed by atoms with Crippen LogP contribution in [0.3, 0.4) is 0 Å². The second-order valence-electron chi connectivity index (χ2n) is 4.23. The van der Waals surface area contributed by atoms with Gasteiger partial charge in [0.2, 0.25) is 24.0 Å². The van der Waals surface area contributed by atoms with Crippen LogP contribution >= 0.6 is 0 Å². The highest BCUT2D eigenvalue weighted by atomic mass is 16.7. The SMILES string of the molecule is CCCCCOc1cc2c(c(OC)c1OC)OCO2. The lowest BCUT2D eigenvalue weighted by Gasteiger charge is -2.15. The van der Waals surface area contributed by atoms with Gasteiger partial charge in [-0.05, 0) is 6.42 Å². The first-order valence-corrected chi connectivity index (χ1v) is 6.49. The van der Waals surface area contributed by atoms with Gasteiger partial charge in [0, 0.05) is 6.07 Å². The lowest BCUT2D eigenvalue weighted by Crippen LogP contribution is -2.01. The number of ether oxygens (including phenoxy) is 5. The molecule has 1 aromatic carbocycles. The number of hydrogen-bond donors (Lipinski definition) is 0. The fourth-order valence-corrected chi connectivity index (χ4v) is 1.99. The Balaban J connectivity index is 2.22. The van der Waals surface area contributed by atoms with E-state index >= 15 is 0 Å². The minimum absolute atomic E-state index is 0.189. The van der Waals surface area contributed by atoms with E-state index in [1.165, 1.54) is 0 Å². The highest BCUT2D eigenvalue weighted by Crippen LogP contribution is 2.52. The van der Waals surface area contributed by atoms with Crippen molar-refractivity contribution in [3.8, 4) is 28.7 Å². The van der Waals surface area contributed by atoms with Gasteiger partial charge in [-0.15, -0.1) is 0 Å². The summed E-state index contributed by atoms with van der Waals surface area (Å²) in [7, 11) is 3.15. The molecule has 0 fully saturated rings. The maximum atomic E-state index is 5.76. The van der Waals surface area contributed by atoms with Gasteiger partial charge in [-0.3, -0.25) is 0 Å². The molecule has 0 saturated heterocycles. The average molecular weight is 268 g/mol. The Morgan fingerprint density at radius 3 is 2.58 bits per heavy atom. The lowest BCUT2D eigenvalue weighted by atomic mass is 10.2. The summed E-state index contributed by atoms with van der Waals surface area (Å²) in [5.74, 6) is 2.88.